The minimum Gasteiger partial charge on any atom is -0.357 e. The van der Waals surface area contributed by atoms with E-state index in [0.717, 1.165) is 49.1 Å². The molecule has 0 saturated heterocycles. The smallest absolute Gasteiger partial charge is 0.194 e. The van der Waals surface area contributed by atoms with Crippen molar-refractivity contribution < 1.29 is 0 Å². The molecule has 142 valence electrons. The zero-order valence-electron chi connectivity index (χ0n) is 16.3. The highest BCUT2D eigenvalue weighted by Crippen LogP contribution is 2.27. The average Bonchev–Trinajstić information content (AvgIpc) is 3.15. The summed E-state index contributed by atoms with van der Waals surface area (Å²) in [5, 5.41) is 5.76. The van der Waals surface area contributed by atoms with E-state index in [4.69, 9.17) is 9.98 Å². The van der Waals surface area contributed by atoms with Crippen molar-refractivity contribution in [2.75, 3.05) is 20.1 Å². The van der Waals surface area contributed by atoms with Crippen molar-refractivity contribution in [1.29, 1.82) is 0 Å². The summed E-state index contributed by atoms with van der Waals surface area (Å²) in [4.78, 5) is 19.2. The van der Waals surface area contributed by atoms with Gasteiger partial charge in [0.15, 0.2) is 5.96 Å². The largest absolute Gasteiger partial charge is 0.357 e. The van der Waals surface area contributed by atoms with Gasteiger partial charge in [-0.1, -0.05) is 0 Å². The van der Waals surface area contributed by atoms with Gasteiger partial charge in [-0.2, -0.15) is 0 Å². The summed E-state index contributed by atoms with van der Waals surface area (Å²) < 4.78 is 0. The maximum atomic E-state index is 4.86. The molecule has 0 bridgehead atoms. The third-order valence-corrected chi connectivity index (χ3v) is 6.83. The van der Waals surface area contributed by atoms with Gasteiger partial charge >= 0.3 is 0 Å². The van der Waals surface area contributed by atoms with Gasteiger partial charge in [0.2, 0.25) is 0 Å². The van der Waals surface area contributed by atoms with Gasteiger partial charge in [0.05, 0.1) is 22.9 Å². The van der Waals surface area contributed by atoms with Crippen LogP contribution < -0.4 is 5.32 Å². The van der Waals surface area contributed by atoms with Gasteiger partial charge < -0.3 is 10.2 Å². The Morgan fingerprint density at radius 3 is 2.69 bits per heavy atom. The van der Waals surface area contributed by atoms with Gasteiger partial charge in [0.1, 0.15) is 5.01 Å². The first kappa shape index (κ1) is 19.3. The normalized spacial score (nSPS) is 14.4. The fourth-order valence-corrected chi connectivity index (χ4v) is 5.43. The number of hydrogen-bond acceptors (Lipinski definition) is 5. The van der Waals surface area contributed by atoms with Crippen LogP contribution in [-0.4, -0.2) is 41.0 Å². The average molecular weight is 392 g/mol. The van der Waals surface area contributed by atoms with E-state index in [1.165, 1.54) is 39.7 Å². The number of guanidine groups is 1. The van der Waals surface area contributed by atoms with Crippen LogP contribution in [-0.2, 0) is 25.8 Å². The lowest BCUT2D eigenvalue weighted by Crippen LogP contribution is -2.38. The predicted molar refractivity (Wildman–Crippen MR) is 111 cm³/mol. The van der Waals surface area contributed by atoms with Crippen LogP contribution in [0.2, 0.25) is 0 Å². The van der Waals surface area contributed by atoms with Gasteiger partial charge in [-0.15, -0.1) is 22.7 Å². The van der Waals surface area contributed by atoms with Crippen molar-refractivity contribution in [1.82, 2.24) is 20.2 Å². The number of nitrogens with one attached hydrogen (secondary N) is 1. The van der Waals surface area contributed by atoms with Gasteiger partial charge in [-0.3, -0.25) is 4.99 Å². The molecule has 0 spiro atoms. The van der Waals surface area contributed by atoms with Gasteiger partial charge in [-0.05, 0) is 46.5 Å². The molecule has 0 unspecified atom stereocenters. The van der Waals surface area contributed by atoms with Crippen LogP contribution >= 0.6 is 22.7 Å². The van der Waals surface area contributed by atoms with Crippen LogP contribution in [0.25, 0.3) is 0 Å². The minimum absolute atomic E-state index is 0.781. The van der Waals surface area contributed by atoms with Crippen LogP contribution in [0.1, 0.15) is 50.9 Å². The maximum absolute atomic E-state index is 4.86. The number of hydrogen-bond donors (Lipinski definition) is 1. The van der Waals surface area contributed by atoms with E-state index in [0.29, 0.717) is 0 Å². The molecule has 1 N–H and O–H groups in total. The number of fused-ring (bicyclic) bond motifs is 1. The van der Waals surface area contributed by atoms with Crippen LogP contribution in [0.15, 0.2) is 4.99 Å². The topological polar surface area (TPSA) is 53.4 Å². The lowest BCUT2D eigenvalue weighted by molar-refractivity contribution is 0.475. The third kappa shape index (κ3) is 4.82. The van der Waals surface area contributed by atoms with E-state index in [-0.39, 0.29) is 0 Å². The Bertz CT molecular complexity index is 739. The van der Waals surface area contributed by atoms with Gasteiger partial charge in [0.25, 0.3) is 0 Å². The second-order valence-electron chi connectivity index (χ2n) is 6.77. The Morgan fingerprint density at radius 1 is 1.19 bits per heavy atom. The molecule has 0 atom stereocenters. The molecule has 0 fully saturated rings. The SMILES string of the molecule is CCNC(=NCCc1sc(C)nc1C)N(C)Cc1nc2c(s1)CCCC2. The first-order valence-electron chi connectivity index (χ1n) is 9.46. The third-order valence-electron chi connectivity index (χ3n) is 4.56. The summed E-state index contributed by atoms with van der Waals surface area (Å²) in [6.45, 7) is 8.74. The van der Waals surface area contributed by atoms with Gasteiger partial charge in [0, 0.05) is 36.3 Å². The Hall–Kier alpha value is -1.47. The van der Waals surface area contributed by atoms with Crippen LogP contribution in [0.4, 0.5) is 0 Å². The number of nitrogens with zero attached hydrogens (tertiary/aromatic N) is 4. The second kappa shape index (κ2) is 8.95. The van der Waals surface area contributed by atoms with E-state index >= 15 is 0 Å². The standard InChI is InChI=1S/C19H29N5S2/c1-5-20-19(21-11-10-16-13(2)22-14(3)25-16)24(4)12-18-23-15-8-6-7-9-17(15)26-18/h5-12H2,1-4H3,(H,20,21). The molecule has 0 aromatic carbocycles. The molecule has 0 aliphatic heterocycles. The fraction of sp³-hybridized carbons (Fsp3) is 0.632. The summed E-state index contributed by atoms with van der Waals surface area (Å²) in [6, 6.07) is 0. The molecule has 2 aromatic heterocycles. The molecule has 0 amide bonds. The Kier molecular flexibility index (Phi) is 6.64. The van der Waals surface area contributed by atoms with Crippen molar-refractivity contribution in [3.8, 4) is 0 Å². The molecule has 1 aliphatic rings. The van der Waals surface area contributed by atoms with E-state index in [2.05, 4.69) is 43.0 Å². The molecule has 2 heterocycles. The summed E-state index contributed by atoms with van der Waals surface area (Å²) >= 11 is 3.67. The zero-order valence-corrected chi connectivity index (χ0v) is 17.9. The lowest BCUT2D eigenvalue weighted by Gasteiger charge is -2.21. The minimum atomic E-state index is 0.781. The van der Waals surface area contributed by atoms with Crippen LogP contribution in [0, 0.1) is 13.8 Å². The van der Waals surface area contributed by atoms with Crippen molar-refractivity contribution in [3.63, 3.8) is 0 Å². The second-order valence-corrected chi connectivity index (χ2v) is 9.22. The monoisotopic (exact) mass is 391 g/mol. The molecule has 5 nitrogen and oxygen atoms in total. The number of rotatable bonds is 6. The van der Waals surface area contributed by atoms with Crippen molar-refractivity contribution >= 4 is 28.6 Å². The summed E-state index contributed by atoms with van der Waals surface area (Å²) in [7, 11) is 2.10. The van der Waals surface area contributed by atoms with Gasteiger partial charge in [-0.25, -0.2) is 9.97 Å². The number of aliphatic imine (C=N–C) groups is 1. The quantitative estimate of drug-likeness (QED) is 0.602. The summed E-state index contributed by atoms with van der Waals surface area (Å²) in [5.41, 5.74) is 2.48. The van der Waals surface area contributed by atoms with E-state index in [1.807, 2.05) is 11.3 Å². The molecule has 26 heavy (non-hydrogen) atoms. The number of aromatic nitrogens is 2. The first-order chi connectivity index (χ1) is 12.6. The highest BCUT2D eigenvalue weighted by atomic mass is 32.1. The van der Waals surface area contributed by atoms with Crippen molar-refractivity contribution in [2.45, 2.75) is 59.4 Å². The van der Waals surface area contributed by atoms with E-state index in [9.17, 15) is 0 Å². The maximum Gasteiger partial charge on any atom is 0.194 e. The first-order valence-corrected chi connectivity index (χ1v) is 11.1. The molecule has 2 aromatic rings. The van der Waals surface area contributed by atoms with Crippen molar-refractivity contribution in [2.24, 2.45) is 4.99 Å². The Morgan fingerprint density at radius 2 is 2.00 bits per heavy atom. The molecule has 1 aliphatic carbocycles. The highest BCUT2D eigenvalue weighted by molar-refractivity contribution is 7.12. The molecule has 0 radical (unpaired) electrons. The predicted octanol–water partition coefficient (Wildman–Crippen LogP) is 3.74. The summed E-state index contributed by atoms with van der Waals surface area (Å²) in [6.07, 6.45) is 5.90. The van der Waals surface area contributed by atoms with E-state index < -0.39 is 0 Å². The molecular weight excluding hydrogens is 362 g/mol. The zero-order chi connectivity index (χ0) is 18.5. The highest BCUT2D eigenvalue weighted by Gasteiger charge is 2.17. The molecule has 3 rings (SSSR count). The summed E-state index contributed by atoms with van der Waals surface area (Å²) in [5.74, 6) is 0.958. The molecule has 7 heteroatoms. The number of thiazole rings is 2. The van der Waals surface area contributed by atoms with Crippen LogP contribution in [0.3, 0.4) is 0 Å². The van der Waals surface area contributed by atoms with E-state index in [1.54, 1.807) is 11.3 Å². The fourth-order valence-electron chi connectivity index (χ4n) is 3.29. The van der Waals surface area contributed by atoms with Crippen molar-refractivity contribution in [3.05, 3.63) is 31.2 Å². The molecular formula is C19H29N5S2. The molecule has 0 saturated carbocycles. The number of aryl methyl sites for hydroxylation is 4. The Balaban J connectivity index is 1.62. The van der Waals surface area contributed by atoms with Crippen LogP contribution in [0.5, 0.6) is 0 Å². The lowest BCUT2D eigenvalue weighted by atomic mass is 10.0. The Labute approximate surface area is 164 Å².